The monoisotopic (exact) mass is 286 g/mol. The molecule has 116 valence electrons. The smallest absolute Gasteiger partial charge is 0.115 e. The van der Waals surface area contributed by atoms with Crippen LogP contribution in [0.3, 0.4) is 0 Å². The molecule has 0 saturated heterocycles. The lowest BCUT2D eigenvalue weighted by Crippen LogP contribution is -2.29. The lowest BCUT2D eigenvalue weighted by atomic mass is 9.87. The van der Waals surface area contributed by atoms with Gasteiger partial charge in [0, 0.05) is 11.0 Å². The Morgan fingerprint density at radius 1 is 0.810 bits per heavy atom. The number of fused-ring (bicyclic) bond motifs is 1. The number of nitrogens with zero attached hydrogens (tertiary/aromatic N) is 2. The maximum absolute atomic E-state index is 4.99. The molecule has 1 heterocycles. The van der Waals surface area contributed by atoms with Crippen LogP contribution >= 0.6 is 0 Å². The summed E-state index contributed by atoms with van der Waals surface area (Å²) in [5.74, 6) is 1.16. The second kappa shape index (κ2) is 4.59. The van der Waals surface area contributed by atoms with Crippen molar-refractivity contribution in [2.24, 2.45) is 0 Å². The zero-order valence-corrected chi connectivity index (χ0v) is 15.1. The lowest BCUT2D eigenvalue weighted by Gasteiger charge is -2.29. The van der Waals surface area contributed by atoms with Gasteiger partial charge in [-0.15, -0.1) is 0 Å². The van der Waals surface area contributed by atoms with Gasteiger partial charge >= 0.3 is 0 Å². The quantitative estimate of drug-likeness (QED) is 0.635. The molecule has 0 radical (unpaired) electrons. The van der Waals surface area contributed by atoms with Gasteiger partial charge in [-0.25, -0.2) is 4.98 Å². The highest BCUT2D eigenvalue weighted by Crippen LogP contribution is 2.34. The van der Waals surface area contributed by atoms with Crippen LogP contribution < -0.4 is 0 Å². The van der Waals surface area contributed by atoms with Crippen LogP contribution in [0.5, 0.6) is 0 Å². The topological polar surface area (TPSA) is 17.8 Å². The highest BCUT2D eigenvalue weighted by Gasteiger charge is 2.29. The van der Waals surface area contributed by atoms with E-state index in [1.54, 1.807) is 0 Å². The molecular formula is C19H30N2. The van der Waals surface area contributed by atoms with E-state index in [2.05, 4.69) is 85.1 Å². The van der Waals surface area contributed by atoms with Gasteiger partial charge in [0.05, 0.1) is 11.0 Å². The van der Waals surface area contributed by atoms with Gasteiger partial charge in [-0.05, 0) is 43.9 Å². The van der Waals surface area contributed by atoms with Crippen LogP contribution in [0.2, 0.25) is 0 Å². The summed E-state index contributed by atoms with van der Waals surface area (Å²) in [5.41, 5.74) is 3.91. The van der Waals surface area contributed by atoms with E-state index in [1.165, 1.54) is 11.1 Å². The fourth-order valence-corrected chi connectivity index (χ4v) is 2.73. The molecule has 0 bridgehead atoms. The van der Waals surface area contributed by atoms with E-state index >= 15 is 0 Å². The van der Waals surface area contributed by atoms with Crippen molar-refractivity contribution >= 4 is 11.0 Å². The minimum absolute atomic E-state index is 0.0284. The average Bonchev–Trinajstić information content (AvgIpc) is 2.64. The van der Waals surface area contributed by atoms with E-state index in [1.807, 2.05) is 0 Å². The maximum Gasteiger partial charge on any atom is 0.115 e. The highest BCUT2D eigenvalue weighted by atomic mass is 15.1. The first-order chi connectivity index (χ1) is 9.32. The van der Waals surface area contributed by atoms with Crippen molar-refractivity contribution in [3.05, 3.63) is 29.6 Å². The molecule has 21 heavy (non-hydrogen) atoms. The van der Waals surface area contributed by atoms with Crippen molar-refractivity contribution < 1.29 is 0 Å². The second-order valence-corrected chi connectivity index (χ2v) is 9.15. The van der Waals surface area contributed by atoms with E-state index in [0.29, 0.717) is 0 Å². The summed E-state index contributed by atoms with van der Waals surface area (Å²) >= 11 is 0. The molecule has 0 N–H and O–H groups in total. The molecule has 0 aliphatic rings. The van der Waals surface area contributed by atoms with Crippen molar-refractivity contribution in [1.29, 1.82) is 0 Å². The molecule has 0 atom stereocenters. The number of imidazole rings is 1. The fraction of sp³-hybridized carbons (Fsp3) is 0.632. The molecule has 0 aliphatic carbocycles. The summed E-state index contributed by atoms with van der Waals surface area (Å²) < 4.78 is 2.40. The van der Waals surface area contributed by atoms with Crippen LogP contribution in [0, 0.1) is 0 Å². The van der Waals surface area contributed by atoms with Gasteiger partial charge in [-0.1, -0.05) is 47.6 Å². The van der Waals surface area contributed by atoms with Crippen molar-refractivity contribution in [1.82, 2.24) is 9.55 Å². The van der Waals surface area contributed by atoms with Gasteiger partial charge in [0.1, 0.15) is 5.82 Å². The zero-order valence-electron chi connectivity index (χ0n) is 15.1. The minimum atomic E-state index is 0.0284. The van der Waals surface area contributed by atoms with Crippen molar-refractivity contribution in [3.63, 3.8) is 0 Å². The van der Waals surface area contributed by atoms with Crippen LogP contribution in [-0.4, -0.2) is 9.55 Å². The molecule has 0 aliphatic heterocycles. The molecule has 2 aromatic rings. The van der Waals surface area contributed by atoms with Crippen LogP contribution in [0.4, 0.5) is 0 Å². The third-order valence-corrected chi connectivity index (χ3v) is 3.86. The number of aromatic nitrogens is 2. The summed E-state index contributed by atoms with van der Waals surface area (Å²) in [4.78, 5) is 4.99. The van der Waals surface area contributed by atoms with Gasteiger partial charge < -0.3 is 4.57 Å². The number of hydrogen-bond donors (Lipinski definition) is 0. The van der Waals surface area contributed by atoms with Gasteiger partial charge in [0.15, 0.2) is 0 Å². The third-order valence-electron chi connectivity index (χ3n) is 3.86. The number of rotatable bonds is 0. The van der Waals surface area contributed by atoms with Crippen molar-refractivity contribution in [2.75, 3.05) is 0 Å². The Balaban J connectivity index is 2.80. The van der Waals surface area contributed by atoms with Crippen LogP contribution in [-0.2, 0) is 16.4 Å². The number of benzene rings is 1. The molecule has 1 aromatic heterocycles. The van der Waals surface area contributed by atoms with E-state index in [4.69, 9.17) is 4.98 Å². The number of hydrogen-bond acceptors (Lipinski definition) is 1. The first-order valence-corrected chi connectivity index (χ1v) is 7.86. The molecule has 0 unspecified atom stereocenters. The van der Waals surface area contributed by atoms with Crippen molar-refractivity contribution in [3.8, 4) is 0 Å². The second-order valence-electron chi connectivity index (χ2n) is 9.15. The van der Waals surface area contributed by atoms with Crippen LogP contribution in [0.25, 0.3) is 11.0 Å². The first kappa shape index (κ1) is 16.1. The summed E-state index contributed by atoms with van der Waals surface area (Å²) in [7, 11) is 0. The maximum atomic E-state index is 4.99. The Labute approximate surface area is 129 Å². The fourth-order valence-electron chi connectivity index (χ4n) is 2.73. The van der Waals surface area contributed by atoms with Crippen LogP contribution in [0.15, 0.2) is 18.2 Å². The summed E-state index contributed by atoms with van der Waals surface area (Å²) in [5, 5.41) is 0. The van der Waals surface area contributed by atoms with Crippen LogP contribution in [0.1, 0.15) is 73.7 Å². The molecule has 0 spiro atoms. The average molecular weight is 286 g/mol. The molecule has 1 aromatic carbocycles. The van der Waals surface area contributed by atoms with E-state index < -0.39 is 0 Å². The molecule has 2 rings (SSSR count). The normalized spacial score (nSPS) is 14.0. The Kier molecular flexibility index (Phi) is 3.51. The Hall–Kier alpha value is -1.31. The zero-order chi connectivity index (χ0) is 16.2. The predicted octanol–water partition coefficient (Wildman–Crippen LogP) is 5.39. The molecular weight excluding hydrogens is 256 g/mol. The summed E-state index contributed by atoms with van der Waals surface area (Å²) in [6, 6.07) is 6.74. The molecule has 2 nitrogen and oxygen atoms in total. The Bertz CT molecular complexity index is 656. The lowest BCUT2D eigenvalue weighted by molar-refractivity contribution is 0.364. The van der Waals surface area contributed by atoms with Gasteiger partial charge in [0.25, 0.3) is 0 Å². The molecule has 0 amide bonds. The van der Waals surface area contributed by atoms with Gasteiger partial charge in [-0.3, -0.25) is 0 Å². The van der Waals surface area contributed by atoms with Crippen molar-refractivity contribution in [2.45, 2.75) is 78.7 Å². The van der Waals surface area contributed by atoms with Gasteiger partial charge in [0.2, 0.25) is 0 Å². The highest BCUT2D eigenvalue weighted by molar-refractivity contribution is 5.78. The SMILES string of the molecule is CC(C)(C)c1ccc2c(c1)nc(C(C)(C)C)n2C(C)(C)C. The van der Waals surface area contributed by atoms with E-state index in [9.17, 15) is 0 Å². The minimum Gasteiger partial charge on any atom is -0.322 e. The summed E-state index contributed by atoms with van der Waals surface area (Å²) in [6.45, 7) is 20.2. The first-order valence-electron chi connectivity index (χ1n) is 7.86. The molecule has 0 saturated carbocycles. The van der Waals surface area contributed by atoms with E-state index in [-0.39, 0.29) is 16.4 Å². The Morgan fingerprint density at radius 2 is 1.38 bits per heavy atom. The molecule has 2 heteroatoms. The van der Waals surface area contributed by atoms with E-state index in [0.717, 1.165) is 11.3 Å². The Morgan fingerprint density at radius 3 is 1.81 bits per heavy atom. The predicted molar refractivity (Wildman–Crippen MR) is 92.1 cm³/mol. The molecule has 0 fully saturated rings. The summed E-state index contributed by atoms with van der Waals surface area (Å²) in [6.07, 6.45) is 0. The van der Waals surface area contributed by atoms with Gasteiger partial charge in [-0.2, -0.15) is 0 Å². The largest absolute Gasteiger partial charge is 0.322 e. The standard InChI is InChI=1S/C19H30N2/c1-17(2,3)13-10-11-15-14(12-13)20-16(18(4,5)6)21(15)19(7,8)9/h10-12H,1-9H3. The third kappa shape index (κ3) is 3.00.